The lowest BCUT2D eigenvalue weighted by molar-refractivity contribution is -0.757. The van der Waals surface area contributed by atoms with Crippen LogP contribution in [0.25, 0.3) is 0 Å². The molecule has 0 saturated carbocycles. The SMILES string of the molecule is CCCCC(F)(F)c1cc(OC(=O)CCCO[N+](=O)[O-])c2c(c1)OC(C)(C)[C@@H]1CC=C(C)C[C@@H]21. The number of hydrogen-bond donors (Lipinski definition) is 0. The van der Waals surface area contributed by atoms with Gasteiger partial charge in [0.25, 0.3) is 11.0 Å². The lowest BCUT2D eigenvalue weighted by atomic mass is 9.67. The van der Waals surface area contributed by atoms with Gasteiger partial charge in [-0.15, -0.1) is 10.1 Å². The average molecular weight is 482 g/mol. The molecule has 1 aliphatic carbocycles. The van der Waals surface area contributed by atoms with Gasteiger partial charge in [-0.25, -0.2) is 8.78 Å². The van der Waals surface area contributed by atoms with E-state index in [-0.39, 0.29) is 49.0 Å². The van der Waals surface area contributed by atoms with Crippen LogP contribution >= 0.6 is 0 Å². The molecule has 34 heavy (non-hydrogen) atoms. The van der Waals surface area contributed by atoms with Gasteiger partial charge in [0.05, 0.1) is 6.61 Å². The van der Waals surface area contributed by atoms with Crippen molar-refractivity contribution in [2.45, 2.75) is 90.1 Å². The fraction of sp³-hybridized carbons (Fsp3) is 0.640. The van der Waals surface area contributed by atoms with Crippen molar-refractivity contribution < 1.29 is 33.0 Å². The lowest BCUT2D eigenvalue weighted by Gasteiger charge is -2.47. The van der Waals surface area contributed by atoms with E-state index in [0.29, 0.717) is 24.2 Å². The van der Waals surface area contributed by atoms with Crippen LogP contribution in [0.3, 0.4) is 0 Å². The Morgan fingerprint density at radius 3 is 2.74 bits per heavy atom. The molecule has 1 aliphatic heterocycles. The Morgan fingerprint density at radius 2 is 2.06 bits per heavy atom. The van der Waals surface area contributed by atoms with Crippen LogP contribution < -0.4 is 9.47 Å². The highest BCUT2D eigenvalue weighted by atomic mass is 19.3. The Morgan fingerprint density at radius 1 is 1.32 bits per heavy atom. The predicted molar refractivity (Wildman–Crippen MR) is 122 cm³/mol. The number of rotatable bonds is 10. The summed E-state index contributed by atoms with van der Waals surface area (Å²) in [6, 6.07) is 2.67. The molecule has 3 rings (SSSR count). The zero-order chi connectivity index (χ0) is 25.1. The van der Waals surface area contributed by atoms with Crippen LogP contribution in [0.15, 0.2) is 23.8 Å². The van der Waals surface area contributed by atoms with Crippen molar-refractivity contribution in [2.24, 2.45) is 5.92 Å². The molecule has 0 saturated heterocycles. The monoisotopic (exact) mass is 481 g/mol. The quantitative estimate of drug-likeness (QED) is 0.0950. The van der Waals surface area contributed by atoms with E-state index in [1.54, 1.807) is 0 Å². The fourth-order valence-corrected chi connectivity index (χ4v) is 4.91. The van der Waals surface area contributed by atoms with E-state index in [4.69, 9.17) is 9.47 Å². The van der Waals surface area contributed by atoms with Crippen molar-refractivity contribution >= 4 is 5.97 Å². The molecule has 1 aromatic carbocycles. The topological polar surface area (TPSA) is 87.9 Å². The lowest BCUT2D eigenvalue weighted by Crippen LogP contribution is -2.45. The minimum atomic E-state index is -3.10. The molecule has 0 spiro atoms. The van der Waals surface area contributed by atoms with E-state index in [1.807, 2.05) is 27.7 Å². The molecule has 0 bridgehead atoms. The number of unbranched alkanes of at least 4 members (excludes halogenated alkanes) is 1. The number of esters is 1. The van der Waals surface area contributed by atoms with Crippen LogP contribution in [0.2, 0.25) is 0 Å². The van der Waals surface area contributed by atoms with Gasteiger partial charge in [-0.2, -0.15) is 0 Å². The summed E-state index contributed by atoms with van der Waals surface area (Å²) in [5.41, 5.74) is 1.02. The van der Waals surface area contributed by atoms with Crippen LogP contribution in [-0.4, -0.2) is 23.3 Å². The Kier molecular flexibility index (Phi) is 7.83. The van der Waals surface area contributed by atoms with E-state index in [0.717, 1.165) is 12.8 Å². The summed E-state index contributed by atoms with van der Waals surface area (Å²) in [7, 11) is 0. The number of halogens is 2. The number of fused-ring (bicyclic) bond motifs is 3. The van der Waals surface area contributed by atoms with Crippen molar-refractivity contribution in [2.75, 3.05) is 6.61 Å². The molecule has 2 atom stereocenters. The van der Waals surface area contributed by atoms with Crippen LogP contribution in [0, 0.1) is 16.0 Å². The van der Waals surface area contributed by atoms with Crippen molar-refractivity contribution in [3.05, 3.63) is 45.0 Å². The van der Waals surface area contributed by atoms with Crippen molar-refractivity contribution in [3.63, 3.8) is 0 Å². The third-order valence-corrected chi connectivity index (χ3v) is 6.70. The van der Waals surface area contributed by atoms with Gasteiger partial charge in [0.2, 0.25) is 0 Å². The third-order valence-electron chi connectivity index (χ3n) is 6.70. The maximum atomic E-state index is 15.1. The summed E-state index contributed by atoms with van der Waals surface area (Å²) in [4.78, 5) is 27.1. The normalized spacial score (nSPS) is 20.9. The maximum absolute atomic E-state index is 15.1. The Balaban J connectivity index is 1.98. The smallest absolute Gasteiger partial charge is 0.311 e. The molecule has 1 heterocycles. The van der Waals surface area contributed by atoms with Gasteiger partial charge >= 0.3 is 5.97 Å². The highest BCUT2D eigenvalue weighted by molar-refractivity contribution is 5.73. The zero-order valence-electron chi connectivity index (χ0n) is 20.2. The first kappa shape index (κ1) is 25.9. The number of alkyl halides is 2. The summed E-state index contributed by atoms with van der Waals surface area (Å²) in [6.45, 7) is 7.56. The van der Waals surface area contributed by atoms with Gasteiger partial charge < -0.3 is 14.3 Å². The van der Waals surface area contributed by atoms with Crippen molar-refractivity contribution in [3.8, 4) is 11.5 Å². The Hall–Kier alpha value is -2.71. The molecule has 0 radical (unpaired) electrons. The van der Waals surface area contributed by atoms with Crippen LogP contribution in [0.5, 0.6) is 11.5 Å². The summed E-state index contributed by atoms with van der Waals surface area (Å²) < 4.78 is 42.0. The van der Waals surface area contributed by atoms with Gasteiger partial charge in [0, 0.05) is 35.8 Å². The standard InChI is InChI=1S/C25H33F2NO6/c1-5-6-11-25(26,27)17-14-20(33-22(29)8-7-12-32-28(30)31)23-18-13-16(2)9-10-19(18)24(3,4)34-21(23)15-17/h9,14-15,18-19H,5-8,10-13H2,1-4H3/t18-,19-/m1/s1. The van der Waals surface area contributed by atoms with Crippen LogP contribution in [0.4, 0.5) is 8.78 Å². The summed E-state index contributed by atoms with van der Waals surface area (Å²) in [6.07, 6.45) is 4.28. The van der Waals surface area contributed by atoms with Crippen LogP contribution in [-0.2, 0) is 15.6 Å². The van der Waals surface area contributed by atoms with E-state index < -0.39 is 22.6 Å². The molecule has 2 aliphatic rings. The zero-order valence-corrected chi connectivity index (χ0v) is 20.2. The molecule has 0 N–H and O–H groups in total. The van der Waals surface area contributed by atoms with Gasteiger partial charge in [-0.05, 0) is 58.6 Å². The highest BCUT2D eigenvalue weighted by Crippen LogP contribution is 2.55. The number of carbonyl (C=O) groups is 1. The van der Waals surface area contributed by atoms with Gasteiger partial charge in [0.15, 0.2) is 0 Å². The molecular formula is C25H33F2NO6. The second-order valence-electron chi connectivity index (χ2n) is 9.74. The first-order chi connectivity index (χ1) is 15.9. The molecule has 9 heteroatoms. The third kappa shape index (κ3) is 5.85. The summed E-state index contributed by atoms with van der Waals surface area (Å²) >= 11 is 0. The number of ether oxygens (including phenoxy) is 2. The molecule has 0 unspecified atom stereocenters. The van der Waals surface area contributed by atoms with E-state index in [1.165, 1.54) is 17.7 Å². The number of benzene rings is 1. The Bertz CT molecular complexity index is 959. The molecule has 7 nitrogen and oxygen atoms in total. The second-order valence-corrected chi connectivity index (χ2v) is 9.74. The highest BCUT2D eigenvalue weighted by Gasteiger charge is 2.47. The van der Waals surface area contributed by atoms with E-state index >= 15 is 8.78 Å². The molecule has 0 aromatic heterocycles. The first-order valence-electron chi connectivity index (χ1n) is 11.8. The minimum absolute atomic E-state index is 0.0392. The molecule has 1 aromatic rings. The van der Waals surface area contributed by atoms with Gasteiger partial charge in [-0.1, -0.05) is 25.0 Å². The van der Waals surface area contributed by atoms with E-state index in [9.17, 15) is 14.9 Å². The Labute approximate surface area is 198 Å². The maximum Gasteiger partial charge on any atom is 0.311 e. The number of carbonyl (C=O) groups excluding carboxylic acids is 1. The largest absolute Gasteiger partial charge is 0.487 e. The van der Waals surface area contributed by atoms with Gasteiger partial charge in [0.1, 0.15) is 17.1 Å². The fourth-order valence-electron chi connectivity index (χ4n) is 4.91. The predicted octanol–water partition coefficient (Wildman–Crippen LogP) is 6.47. The van der Waals surface area contributed by atoms with Crippen molar-refractivity contribution in [1.29, 1.82) is 0 Å². The first-order valence-corrected chi connectivity index (χ1v) is 11.8. The number of hydrogen-bond acceptors (Lipinski definition) is 6. The molecular weight excluding hydrogens is 448 g/mol. The van der Waals surface area contributed by atoms with Crippen LogP contribution in [0.1, 0.15) is 89.7 Å². The molecule has 188 valence electrons. The molecule has 0 fully saturated rings. The van der Waals surface area contributed by atoms with E-state index in [2.05, 4.69) is 10.9 Å². The number of nitrogens with zero attached hydrogens (tertiary/aromatic N) is 1. The van der Waals surface area contributed by atoms with Crippen molar-refractivity contribution in [1.82, 2.24) is 0 Å². The average Bonchev–Trinajstić information content (AvgIpc) is 2.74. The minimum Gasteiger partial charge on any atom is -0.487 e. The second kappa shape index (κ2) is 10.3. The molecule has 0 amide bonds. The van der Waals surface area contributed by atoms with Gasteiger partial charge in [-0.3, -0.25) is 4.79 Å². The summed E-state index contributed by atoms with van der Waals surface area (Å²) in [5, 5.41) is 9.36. The summed E-state index contributed by atoms with van der Waals surface area (Å²) in [5.74, 6) is -3.28. The number of allylic oxidation sites excluding steroid dienone is 2.